The van der Waals surface area contributed by atoms with Crippen LogP contribution in [0.25, 0.3) is 0 Å². The molecular formula is C11H14N2O3S. The van der Waals surface area contributed by atoms with Crippen molar-refractivity contribution >= 4 is 23.2 Å². The van der Waals surface area contributed by atoms with Gasteiger partial charge in [0.1, 0.15) is 5.69 Å². The van der Waals surface area contributed by atoms with E-state index in [1.807, 2.05) is 6.92 Å². The lowest BCUT2D eigenvalue weighted by atomic mass is 9.91. The van der Waals surface area contributed by atoms with E-state index in [2.05, 4.69) is 4.98 Å². The largest absolute Gasteiger partial charge is 0.481 e. The number of thiazole rings is 1. The standard InChI is InChI=1S/C11H14N2O3S/c1-7-4-8(11(15)16)2-3-13(7)10(14)9-5-17-6-12-9/h5-8H,2-4H2,1H3,(H,15,16). The predicted molar refractivity (Wildman–Crippen MR) is 63.0 cm³/mol. The maximum Gasteiger partial charge on any atom is 0.306 e. The van der Waals surface area contributed by atoms with Crippen molar-refractivity contribution in [2.24, 2.45) is 5.92 Å². The number of hydrogen-bond acceptors (Lipinski definition) is 4. The van der Waals surface area contributed by atoms with E-state index in [1.165, 1.54) is 11.3 Å². The Morgan fingerprint density at radius 1 is 1.59 bits per heavy atom. The molecule has 2 unspecified atom stereocenters. The lowest BCUT2D eigenvalue weighted by Gasteiger charge is -2.35. The molecule has 1 aliphatic heterocycles. The van der Waals surface area contributed by atoms with Crippen molar-refractivity contribution in [2.75, 3.05) is 6.54 Å². The van der Waals surface area contributed by atoms with Gasteiger partial charge in [-0.15, -0.1) is 11.3 Å². The number of carbonyl (C=O) groups is 2. The van der Waals surface area contributed by atoms with E-state index in [4.69, 9.17) is 5.11 Å². The van der Waals surface area contributed by atoms with Crippen LogP contribution in [0.1, 0.15) is 30.3 Å². The minimum Gasteiger partial charge on any atom is -0.481 e. The third kappa shape index (κ3) is 2.46. The summed E-state index contributed by atoms with van der Waals surface area (Å²) in [5, 5.41) is 10.7. The highest BCUT2D eigenvalue weighted by Gasteiger charge is 2.32. The van der Waals surface area contributed by atoms with Crippen LogP contribution >= 0.6 is 11.3 Å². The molecule has 1 saturated heterocycles. The zero-order valence-electron chi connectivity index (χ0n) is 9.50. The first-order chi connectivity index (χ1) is 8.09. The second-order valence-electron chi connectivity index (χ2n) is 4.28. The molecular weight excluding hydrogens is 240 g/mol. The van der Waals surface area contributed by atoms with Crippen molar-refractivity contribution in [1.82, 2.24) is 9.88 Å². The molecule has 2 rings (SSSR count). The Kier molecular flexibility index (Phi) is 3.42. The Balaban J connectivity index is 2.05. The van der Waals surface area contributed by atoms with Gasteiger partial charge >= 0.3 is 5.97 Å². The van der Waals surface area contributed by atoms with Crippen LogP contribution in [0.2, 0.25) is 0 Å². The number of carbonyl (C=O) groups excluding carboxylic acids is 1. The number of hydrogen-bond donors (Lipinski definition) is 1. The van der Waals surface area contributed by atoms with Crippen LogP contribution in [0.4, 0.5) is 0 Å². The summed E-state index contributed by atoms with van der Waals surface area (Å²) in [5.41, 5.74) is 2.08. The molecule has 1 amide bonds. The number of carboxylic acid groups (broad SMARTS) is 1. The van der Waals surface area contributed by atoms with Crippen LogP contribution in [0, 0.1) is 5.92 Å². The summed E-state index contributed by atoms with van der Waals surface area (Å²) < 4.78 is 0. The smallest absolute Gasteiger partial charge is 0.306 e. The number of likely N-dealkylation sites (tertiary alicyclic amines) is 1. The lowest BCUT2D eigenvalue weighted by Crippen LogP contribution is -2.46. The molecule has 1 fully saturated rings. The normalized spacial score (nSPS) is 24.6. The molecule has 1 aliphatic rings. The molecule has 2 atom stereocenters. The molecule has 92 valence electrons. The van der Waals surface area contributed by atoms with E-state index < -0.39 is 5.97 Å². The van der Waals surface area contributed by atoms with E-state index >= 15 is 0 Å². The van der Waals surface area contributed by atoms with Crippen molar-refractivity contribution in [1.29, 1.82) is 0 Å². The summed E-state index contributed by atoms with van der Waals surface area (Å²) in [5.74, 6) is -1.19. The highest BCUT2D eigenvalue weighted by atomic mass is 32.1. The fraction of sp³-hybridized carbons (Fsp3) is 0.545. The van der Waals surface area contributed by atoms with E-state index in [-0.39, 0.29) is 17.9 Å². The van der Waals surface area contributed by atoms with Crippen LogP contribution in [-0.4, -0.2) is 39.5 Å². The van der Waals surface area contributed by atoms with Gasteiger partial charge in [-0.1, -0.05) is 0 Å². The maximum absolute atomic E-state index is 12.1. The Labute approximate surface area is 103 Å². The van der Waals surface area contributed by atoms with Crippen LogP contribution in [0.3, 0.4) is 0 Å². The average molecular weight is 254 g/mol. The third-order valence-electron chi connectivity index (χ3n) is 3.14. The van der Waals surface area contributed by atoms with Gasteiger partial charge in [0.2, 0.25) is 0 Å². The minimum atomic E-state index is -0.766. The number of carboxylic acids is 1. The Bertz CT molecular complexity index is 418. The van der Waals surface area contributed by atoms with Crippen LogP contribution < -0.4 is 0 Å². The van der Waals surface area contributed by atoms with Gasteiger partial charge in [-0.3, -0.25) is 9.59 Å². The molecule has 5 nitrogen and oxygen atoms in total. The van der Waals surface area contributed by atoms with E-state index in [0.29, 0.717) is 25.1 Å². The Morgan fingerprint density at radius 2 is 2.35 bits per heavy atom. The molecule has 0 spiro atoms. The number of nitrogens with zero attached hydrogens (tertiary/aromatic N) is 2. The highest BCUT2D eigenvalue weighted by Crippen LogP contribution is 2.24. The van der Waals surface area contributed by atoms with Gasteiger partial charge < -0.3 is 10.0 Å². The summed E-state index contributed by atoms with van der Waals surface area (Å²) in [7, 11) is 0. The van der Waals surface area contributed by atoms with E-state index in [0.717, 1.165) is 0 Å². The minimum absolute atomic E-state index is 0.0425. The first-order valence-corrected chi connectivity index (χ1v) is 6.46. The van der Waals surface area contributed by atoms with Gasteiger partial charge in [-0.25, -0.2) is 4.98 Å². The van der Waals surface area contributed by atoms with Crippen LogP contribution in [-0.2, 0) is 4.79 Å². The van der Waals surface area contributed by atoms with Gasteiger partial charge in [-0.05, 0) is 19.8 Å². The van der Waals surface area contributed by atoms with Crippen molar-refractivity contribution < 1.29 is 14.7 Å². The second-order valence-corrected chi connectivity index (χ2v) is 5.00. The first kappa shape index (κ1) is 12.0. The molecule has 0 aromatic carbocycles. The predicted octanol–water partition coefficient (Wildman–Crippen LogP) is 1.47. The summed E-state index contributed by atoms with van der Waals surface area (Å²) in [4.78, 5) is 28.7. The number of amides is 1. The molecule has 1 aromatic rings. The number of piperidine rings is 1. The van der Waals surface area contributed by atoms with E-state index in [1.54, 1.807) is 15.8 Å². The first-order valence-electron chi connectivity index (χ1n) is 5.51. The van der Waals surface area contributed by atoms with Crippen molar-refractivity contribution in [3.05, 3.63) is 16.6 Å². The van der Waals surface area contributed by atoms with Gasteiger partial charge in [0, 0.05) is 18.0 Å². The van der Waals surface area contributed by atoms with Gasteiger partial charge in [0.25, 0.3) is 5.91 Å². The van der Waals surface area contributed by atoms with Gasteiger partial charge in [-0.2, -0.15) is 0 Å². The molecule has 0 aliphatic carbocycles. The lowest BCUT2D eigenvalue weighted by molar-refractivity contribution is -0.143. The van der Waals surface area contributed by atoms with Crippen molar-refractivity contribution in [2.45, 2.75) is 25.8 Å². The van der Waals surface area contributed by atoms with E-state index in [9.17, 15) is 9.59 Å². The van der Waals surface area contributed by atoms with Crippen LogP contribution in [0.15, 0.2) is 10.9 Å². The molecule has 0 radical (unpaired) electrons. The van der Waals surface area contributed by atoms with Crippen molar-refractivity contribution in [3.8, 4) is 0 Å². The zero-order valence-corrected chi connectivity index (χ0v) is 10.3. The van der Waals surface area contributed by atoms with Gasteiger partial charge in [0.05, 0.1) is 11.4 Å². The molecule has 6 heteroatoms. The SMILES string of the molecule is CC1CC(C(=O)O)CCN1C(=O)c1cscn1. The average Bonchev–Trinajstić information content (AvgIpc) is 2.81. The number of aromatic nitrogens is 1. The number of rotatable bonds is 2. The quantitative estimate of drug-likeness (QED) is 0.867. The van der Waals surface area contributed by atoms with Crippen molar-refractivity contribution in [3.63, 3.8) is 0 Å². The van der Waals surface area contributed by atoms with Gasteiger partial charge in [0.15, 0.2) is 0 Å². The number of aliphatic carboxylic acids is 1. The fourth-order valence-corrected chi connectivity index (χ4v) is 2.69. The molecule has 2 heterocycles. The summed E-state index contributed by atoms with van der Waals surface area (Å²) in [6.45, 7) is 2.38. The monoisotopic (exact) mass is 254 g/mol. The Hall–Kier alpha value is -1.43. The summed E-state index contributed by atoms with van der Waals surface area (Å²) >= 11 is 1.39. The Morgan fingerprint density at radius 3 is 2.88 bits per heavy atom. The third-order valence-corrected chi connectivity index (χ3v) is 3.72. The molecule has 1 N–H and O–H groups in total. The van der Waals surface area contributed by atoms with Crippen LogP contribution in [0.5, 0.6) is 0 Å². The summed E-state index contributed by atoms with van der Waals surface area (Å²) in [6.07, 6.45) is 1.04. The second kappa shape index (κ2) is 4.83. The highest BCUT2D eigenvalue weighted by molar-refractivity contribution is 7.07. The summed E-state index contributed by atoms with van der Waals surface area (Å²) in [6, 6.07) is -0.0425. The molecule has 17 heavy (non-hydrogen) atoms. The maximum atomic E-state index is 12.1. The zero-order chi connectivity index (χ0) is 12.4. The molecule has 0 bridgehead atoms. The molecule has 1 aromatic heterocycles. The topological polar surface area (TPSA) is 70.5 Å². The fourth-order valence-electron chi connectivity index (χ4n) is 2.16. The molecule has 0 saturated carbocycles.